The third-order valence-electron chi connectivity index (χ3n) is 1.21. The van der Waals surface area contributed by atoms with Crippen LogP contribution in [0, 0.1) is 5.41 Å². The third kappa shape index (κ3) is 8.75. The van der Waals surface area contributed by atoms with Crippen LogP contribution in [0.15, 0.2) is 4.99 Å². The van der Waals surface area contributed by atoms with E-state index < -0.39 is 0 Å². The lowest BCUT2D eigenvalue weighted by Gasteiger charge is -2.03. The van der Waals surface area contributed by atoms with Crippen molar-refractivity contribution >= 4 is 11.9 Å². The Morgan fingerprint density at radius 2 is 2.07 bits per heavy atom. The molecule has 0 aromatic heterocycles. The van der Waals surface area contributed by atoms with Gasteiger partial charge in [0.2, 0.25) is 0 Å². The second-order valence-electron chi connectivity index (χ2n) is 2.41. The molecule has 0 aliphatic carbocycles. The Bertz CT molecular complexity index is 195. The molecule has 0 saturated heterocycles. The normalized spacial score (nSPS) is 11.4. The fourth-order valence-electron chi connectivity index (χ4n) is 0.652. The number of aliphatic imine (C=N–C) groups is 1. The maximum absolute atomic E-state index is 6.85. The highest BCUT2D eigenvalue weighted by Crippen LogP contribution is 1.77. The second kappa shape index (κ2) is 8.27. The van der Waals surface area contributed by atoms with E-state index in [0.717, 1.165) is 0 Å². The largest absolute Gasteiger partial charge is 0.382 e. The fourth-order valence-corrected chi connectivity index (χ4v) is 0.652. The summed E-state index contributed by atoms with van der Waals surface area (Å²) in [6.45, 7) is 1.98. The molecule has 0 spiro atoms. The molecule has 0 rings (SSSR count). The molecule has 0 fully saturated rings. The van der Waals surface area contributed by atoms with E-state index in [0.29, 0.717) is 26.4 Å². The molecule has 0 aliphatic rings. The summed E-state index contributed by atoms with van der Waals surface area (Å²) >= 11 is 0. The summed E-state index contributed by atoms with van der Waals surface area (Å²) < 4.78 is 9.91. The van der Waals surface area contributed by atoms with E-state index in [2.05, 4.69) is 10.3 Å². The van der Waals surface area contributed by atoms with Crippen LogP contribution in [0.1, 0.15) is 0 Å². The molecule has 0 heterocycles. The maximum Gasteiger partial charge on any atom is 0.195 e. The second-order valence-corrected chi connectivity index (χ2v) is 2.41. The molecule has 6 N–H and O–H groups in total. The molecule has 0 aromatic rings. The van der Waals surface area contributed by atoms with Crippen LogP contribution in [-0.2, 0) is 9.47 Å². The molecule has 0 bridgehead atoms. The minimum atomic E-state index is -0.230. The van der Waals surface area contributed by atoms with Crippen molar-refractivity contribution in [3.8, 4) is 0 Å². The lowest BCUT2D eigenvalue weighted by molar-refractivity contribution is 0.0748. The zero-order chi connectivity index (χ0) is 10.8. The van der Waals surface area contributed by atoms with Crippen molar-refractivity contribution in [2.75, 3.05) is 33.5 Å². The topological polar surface area (TPSA) is 119 Å². The maximum atomic E-state index is 6.85. The summed E-state index contributed by atoms with van der Waals surface area (Å²) in [5.41, 5.74) is 10.4. The van der Waals surface area contributed by atoms with Crippen molar-refractivity contribution in [3.63, 3.8) is 0 Å². The van der Waals surface area contributed by atoms with Crippen LogP contribution in [0.3, 0.4) is 0 Å². The third-order valence-corrected chi connectivity index (χ3v) is 1.21. The summed E-state index contributed by atoms with van der Waals surface area (Å²) in [5, 5.41) is 9.21. The average Bonchev–Trinajstić information content (AvgIpc) is 2.10. The van der Waals surface area contributed by atoms with E-state index in [9.17, 15) is 0 Å². The Morgan fingerprint density at radius 1 is 1.36 bits per heavy atom. The van der Waals surface area contributed by atoms with Gasteiger partial charge in [-0.25, -0.2) is 0 Å². The molecule has 7 heteroatoms. The van der Waals surface area contributed by atoms with E-state index >= 15 is 0 Å². The summed E-state index contributed by atoms with van der Waals surface area (Å²) in [5.74, 6) is -0.112. The van der Waals surface area contributed by atoms with Gasteiger partial charge in [0.15, 0.2) is 11.9 Å². The van der Waals surface area contributed by atoms with Crippen molar-refractivity contribution in [1.82, 2.24) is 5.32 Å². The number of methoxy groups -OCH3 is 1. The Kier molecular flexibility index (Phi) is 7.48. The standard InChI is InChI=1S/C7H17N5O2/c1-13-4-5-14-3-2-11-7(10)12-6(8)9/h2-5H2,1H3,(H6,8,9,10,11,12). The van der Waals surface area contributed by atoms with Crippen LogP contribution in [-0.4, -0.2) is 45.4 Å². The molecule has 0 unspecified atom stereocenters. The first kappa shape index (κ1) is 12.7. The van der Waals surface area contributed by atoms with Gasteiger partial charge in [0.05, 0.1) is 26.4 Å². The van der Waals surface area contributed by atoms with Gasteiger partial charge in [0.25, 0.3) is 0 Å². The summed E-state index contributed by atoms with van der Waals surface area (Å²) in [6, 6.07) is 0. The highest BCUT2D eigenvalue weighted by atomic mass is 16.5. The Labute approximate surface area is 83.0 Å². The van der Waals surface area contributed by atoms with Crippen LogP contribution >= 0.6 is 0 Å². The number of hydrogen-bond acceptors (Lipinski definition) is 4. The minimum absolute atomic E-state index is 0.118. The van der Waals surface area contributed by atoms with Crippen LogP contribution in [0.25, 0.3) is 0 Å². The van der Waals surface area contributed by atoms with E-state index in [1.54, 1.807) is 7.11 Å². The predicted molar refractivity (Wildman–Crippen MR) is 54.2 cm³/mol. The number of guanidine groups is 2. The van der Waals surface area contributed by atoms with Crippen LogP contribution in [0.4, 0.5) is 0 Å². The smallest absolute Gasteiger partial charge is 0.195 e. The van der Waals surface area contributed by atoms with Gasteiger partial charge in [-0.05, 0) is 0 Å². The zero-order valence-electron chi connectivity index (χ0n) is 8.25. The van der Waals surface area contributed by atoms with Gasteiger partial charge in [0, 0.05) is 7.11 Å². The monoisotopic (exact) mass is 203 g/mol. The summed E-state index contributed by atoms with van der Waals surface area (Å²) in [6.07, 6.45) is 0. The first-order valence-electron chi connectivity index (χ1n) is 4.14. The SMILES string of the molecule is COCCOCCN=C(N)NC(=N)N. The molecular weight excluding hydrogens is 186 g/mol. The Hall–Kier alpha value is -1.34. The van der Waals surface area contributed by atoms with Crippen molar-refractivity contribution < 1.29 is 9.47 Å². The van der Waals surface area contributed by atoms with Crippen molar-refractivity contribution in [3.05, 3.63) is 0 Å². The van der Waals surface area contributed by atoms with Gasteiger partial charge in [-0.1, -0.05) is 0 Å². The van der Waals surface area contributed by atoms with E-state index in [1.807, 2.05) is 0 Å². The number of nitrogens with zero attached hydrogens (tertiary/aromatic N) is 1. The van der Waals surface area contributed by atoms with Gasteiger partial charge in [0.1, 0.15) is 0 Å². The molecule has 0 atom stereocenters. The molecule has 0 saturated carbocycles. The lowest BCUT2D eigenvalue weighted by atomic mass is 10.7. The van der Waals surface area contributed by atoms with Gasteiger partial charge in [-0.2, -0.15) is 0 Å². The van der Waals surface area contributed by atoms with Gasteiger partial charge >= 0.3 is 0 Å². The van der Waals surface area contributed by atoms with E-state index in [1.165, 1.54) is 0 Å². The van der Waals surface area contributed by atoms with Gasteiger partial charge in [-0.3, -0.25) is 15.7 Å². The van der Waals surface area contributed by atoms with Crippen LogP contribution in [0.5, 0.6) is 0 Å². The average molecular weight is 203 g/mol. The van der Waals surface area contributed by atoms with Crippen molar-refractivity contribution in [2.24, 2.45) is 16.5 Å². The first-order valence-corrected chi connectivity index (χ1v) is 4.14. The van der Waals surface area contributed by atoms with Crippen molar-refractivity contribution in [1.29, 1.82) is 5.41 Å². The summed E-state index contributed by atoms with van der Waals surface area (Å²) in [7, 11) is 1.61. The molecular formula is C7H17N5O2. The zero-order valence-corrected chi connectivity index (χ0v) is 8.25. The molecule has 0 aromatic carbocycles. The van der Waals surface area contributed by atoms with Gasteiger partial charge < -0.3 is 20.9 Å². The number of nitrogens with one attached hydrogen (secondary N) is 2. The lowest BCUT2D eigenvalue weighted by Crippen LogP contribution is -2.41. The summed E-state index contributed by atoms with van der Waals surface area (Å²) in [4.78, 5) is 3.86. The molecule has 0 radical (unpaired) electrons. The predicted octanol–water partition coefficient (Wildman–Crippen LogP) is -1.55. The first-order chi connectivity index (χ1) is 6.66. The molecule has 0 amide bonds. The molecule has 0 aliphatic heterocycles. The number of rotatable bonds is 6. The number of nitrogens with two attached hydrogens (primary N) is 2. The molecule has 14 heavy (non-hydrogen) atoms. The van der Waals surface area contributed by atoms with E-state index in [-0.39, 0.29) is 11.9 Å². The van der Waals surface area contributed by atoms with Crippen molar-refractivity contribution in [2.45, 2.75) is 0 Å². The number of hydrogen-bond donors (Lipinski definition) is 4. The quantitative estimate of drug-likeness (QED) is 0.237. The fraction of sp³-hybridized carbons (Fsp3) is 0.714. The highest BCUT2D eigenvalue weighted by Gasteiger charge is 1.91. The van der Waals surface area contributed by atoms with Crippen LogP contribution < -0.4 is 16.8 Å². The Morgan fingerprint density at radius 3 is 2.64 bits per heavy atom. The molecule has 7 nitrogen and oxygen atoms in total. The minimum Gasteiger partial charge on any atom is -0.382 e. The number of ether oxygens (including phenoxy) is 2. The Balaban J connectivity index is 3.36. The molecule has 82 valence electrons. The highest BCUT2D eigenvalue weighted by molar-refractivity contribution is 5.95. The van der Waals surface area contributed by atoms with Crippen LogP contribution in [0.2, 0.25) is 0 Å². The van der Waals surface area contributed by atoms with E-state index in [4.69, 9.17) is 26.4 Å². The van der Waals surface area contributed by atoms with Gasteiger partial charge in [-0.15, -0.1) is 0 Å².